The summed E-state index contributed by atoms with van der Waals surface area (Å²) in [7, 11) is 0. The Labute approximate surface area is 172 Å². The lowest BCUT2D eigenvalue weighted by molar-refractivity contribution is -0.138. The third-order valence-corrected chi connectivity index (χ3v) is 6.04. The molecule has 31 heavy (non-hydrogen) atoms. The molecule has 172 valence electrons. The Kier molecular flexibility index (Phi) is 5.30. The summed E-state index contributed by atoms with van der Waals surface area (Å²) in [5.41, 5.74) is -0.0701. The smallest absolute Gasteiger partial charge is 0.389 e. The Hall–Kier alpha value is -2.18. The van der Waals surface area contributed by atoms with Crippen LogP contribution < -0.4 is 10.6 Å². The van der Waals surface area contributed by atoms with Gasteiger partial charge in [0.15, 0.2) is 5.82 Å². The molecule has 3 aliphatic rings. The summed E-state index contributed by atoms with van der Waals surface area (Å²) in [5.74, 6) is -6.49. The number of halogens is 7. The summed E-state index contributed by atoms with van der Waals surface area (Å²) in [5, 5.41) is 14.4. The minimum atomic E-state index is -4.62. The zero-order valence-corrected chi connectivity index (χ0v) is 16.2. The van der Waals surface area contributed by atoms with Crippen molar-refractivity contribution >= 4 is 17.5 Å². The molecule has 3 aliphatic carbocycles. The summed E-state index contributed by atoms with van der Waals surface area (Å²) in [4.78, 5) is 11.7. The van der Waals surface area contributed by atoms with Gasteiger partial charge in [-0.15, -0.1) is 0 Å². The van der Waals surface area contributed by atoms with Gasteiger partial charge in [0.1, 0.15) is 18.0 Å². The number of aliphatic hydroxyl groups excluding tert-OH is 1. The summed E-state index contributed by atoms with van der Waals surface area (Å²) >= 11 is 0. The number of anilines is 2. The van der Waals surface area contributed by atoms with E-state index in [1.807, 2.05) is 0 Å². The number of alkyl halides is 6. The first-order chi connectivity index (χ1) is 14.4. The van der Waals surface area contributed by atoms with E-state index in [0.29, 0.717) is 0 Å². The Bertz CT molecular complexity index is 885. The molecule has 1 heterocycles. The van der Waals surface area contributed by atoms with Crippen molar-refractivity contribution in [1.82, 2.24) is 15.0 Å². The maximum Gasteiger partial charge on any atom is 0.408 e. The molecule has 2 saturated carbocycles. The van der Waals surface area contributed by atoms with E-state index in [-0.39, 0.29) is 30.2 Å². The number of fused-ring (bicyclic) bond motifs is 1. The molecule has 0 bridgehead atoms. The molecule has 3 unspecified atom stereocenters. The van der Waals surface area contributed by atoms with Gasteiger partial charge in [-0.05, 0) is 19.8 Å². The number of aliphatic hydroxyl groups is 1. The second-order valence-electron chi connectivity index (χ2n) is 8.31. The standard InChI is InChI=1S/C18H20F7N5O/c1-6(18(23,24)25)26-15-28-14(29-16(30-15)27-7-4-17(21,22)5-7)9-3-2-8-10(11(9)19)13(31)12(8)20/h6-8,10,12-13,31H,2-5H2,1H3,(H2,26,27,28,29,30)/t6-,8?,10-,12?,13?/m1/s1. The lowest BCUT2D eigenvalue weighted by Gasteiger charge is -2.47. The fourth-order valence-corrected chi connectivity index (χ4v) is 4.15. The van der Waals surface area contributed by atoms with Crippen LogP contribution in [-0.4, -0.2) is 56.5 Å². The summed E-state index contributed by atoms with van der Waals surface area (Å²) in [6, 6.07) is -2.74. The molecular weight excluding hydrogens is 435 g/mol. The van der Waals surface area contributed by atoms with E-state index in [9.17, 15) is 35.8 Å². The van der Waals surface area contributed by atoms with Crippen LogP contribution in [-0.2, 0) is 0 Å². The van der Waals surface area contributed by atoms with Crippen molar-refractivity contribution in [2.24, 2.45) is 11.8 Å². The number of aromatic nitrogens is 3. The third kappa shape index (κ3) is 4.15. The lowest BCUT2D eigenvalue weighted by atomic mass is 9.63. The zero-order valence-electron chi connectivity index (χ0n) is 16.2. The highest BCUT2D eigenvalue weighted by atomic mass is 19.4. The first-order valence-corrected chi connectivity index (χ1v) is 9.80. The van der Waals surface area contributed by atoms with Crippen LogP contribution in [0.3, 0.4) is 0 Å². The highest BCUT2D eigenvalue weighted by Crippen LogP contribution is 2.51. The van der Waals surface area contributed by atoms with Gasteiger partial charge in [0.2, 0.25) is 11.9 Å². The molecule has 0 aromatic carbocycles. The fourth-order valence-electron chi connectivity index (χ4n) is 4.15. The Morgan fingerprint density at radius 2 is 1.77 bits per heavy atom. The van der Waals surface area contributed by atoms with Crippen molar-refractivity contribution in [3.63, 3.8) is 0 Å². The van der Waals surface area contributed by atoms with Gasteiger partial charge in [-0.25, -0.2) is 17.6 Å². The van der Waals surface area contributed by atoms with Crippen LogP contribution in [0.5, 0.6) is 0 Å². The predicted molar refractivity (Wildman–Crippen MR) is 95.7 cm³/mol. The number of rotatable bonds is 5. The van der Waals surface area contributed by atoms with Crippen molar-refractivity contribution in [2.45, 2.75) is 69.1 Å². The first-order valence-electron chi connectivity index (χ1n) is 9.80. The van der Waals surface area contributed by atoms with Crippen LogP contribution in [0.1, 0.15) is 38.4 Å². The van der Waals surface area contributed by atoms with Gasteiger partial charge in [0.25, 0.3) is 5.92 Å². The van der Waals surface area contributed by atoms with E-state index in [4.69, 9.17) is 0 Å². The average Bonchev–Trinajstić information content (AvgIpc) is 2.64. The van der Waals surface area contributed by atoms with Crippen LogP contribution in [0.25, 0.3) is 5.57 Å². The highest BCUT2D eigenvalue weighted by Gasteiger charge is 2.55. The number of hydrogen-bond acceptors (Lipinski definition) is 6. The first kappa shape index (κ1) is 22.0. The molecule has 3 N–H and O–H groups in total. The van der Waals surface area contributed by atoms with E-state index in [1.54, 1.807) is 0 Å². The van der Waals surface area contributed by atoms with E-state index in [0.717, 1.165) is 6.92 Å². The van der Waals surface area contributed by atoms with Crippen molar-refractivity contribution in [3.05, 3.63) is 11.7 Å². The normalized spacial score (nSPS) is 31.4. The molecule has 5 atom stereocenters. The maximum absolute atomic E-state index is 14.9. The largest absolute Gasteiger partial charge is 0.408 e. The third-order valence-electron chi connectivity index (χ3n) is 6.04. The monoisotopic (exact) mass is 455 g/mol. The van der Waals surface area contributed by atoms with Gasteiger partial charge in [0.05, 0.1) is 6.10 Å². The second-order valence-corrected chi connectivity index (χ2v) is 8.31. The Morgan fingerprint density at radius 1 is 1.13 bits per heavy atom. The van der Waals surface area contributed by atoms with Crippen molar-refractivity contribution < 1.29 is 35.8 Å². The number of hydrogen-bond donors (Lipinski definition) is 3. The zero-order chi connectivity index (χ0) is 22.7. The molecule has 0 radical (unpaired) electrons. The highest BCUT2D eigenvalue weighted by molar-refractivity contribution is 5.66. The Balaban J connectivity index is 1.64. The van der Waals surface area contributed by atoms with Gasteiger partial charge in [0, 0.05) is 36.3 Å². The summed E-state index contributed by atoms with van der Waals surface area (Å²) < 4.78 is 93.7. The summed E-state index contributed by atoms with van der Waals surface area (Å²) in [6.07, 6.45) is -8.46. The lowest BCUT2D eigenvalue weighted by Crippen LogP contribution is -2.54. The van der Waals surface area contributed by atoms with Crippen molar-refractivity contribution in [2.75, 3.05) is 10.6 Å². The van der Waals surface area contributed by atoms with Gasteiger partial charge >= 0.3 is 6.18 Å². The minimum Gasteiger partial charge on any atom is -0.389 e. The molecule has 0 spiro atoms. The molecule has 6 nitrogen and oxygen atoms in total. The van der Waals surface area contributed by atoms with E-state index < -0.39 is 72.9 Å². The van der Waals surface area contributed by atoms with E-state index >= 15 is 0 Å². The van der Waals surface area contributed by atoms with Gasteiger partial charge in [-0.2, -0.15) is 28.1 Å². The topological polar surface area (TPSA) is 83.0 Å². The molecular formula is C18H20F7N5O. The summed E-state index contributed by atoms with van der Waals surface area (Å²) in [6.45, 7) is 0.834. The van der Waals surface area contributed by atoms with E-state index in [1.165, 1.54) is 0 Å². The predicted octanol–water partition coefficient (Wildman–Crippen LogP) is 3.86. The van der Waals surface area contributed by atoms with Crippen LogP contribution in [0.4, 0.5) is 42.6 Å². The van der Waals surface area contributed by atoms with Gasteiger partial charge < -0.3 is 15.7 Å². The molecule has 1 aromatic rings. The molecule has 4 rings (SSSR count). The SMILES string of the molecule is C[C@@H](Nc1nc(NC2CC(F)(F)C2)nc(C2=C(F)[C@@H]3C(O)C(F)C3CC2)n1)C(F)(F)F. The molecule has 0 saturated heterocycles. The van der Waals surface area contributed by atoms with Crippen molar-refractivity contribution in [1.29, 1.82) is 0 Å². The van der Waals surface area contributed by atoms with E-state index in [2.05, 4.69) is 25.6 Å². The molecule has 2 fully saturated rings. The maximum atomic E-state index is 14.9. The quantitative estimate of drug-likeness (QED) is 0.585. The van der Waals surface area contributed by atoms with Crippen LogP contribution in [0, 0.1) is 11.8 Å². The van der Waals surface area contributed by atoms with Crippen LogP contribution >= 0.6 is 0 Å². The number of nitrogens with zero attached hydrogens (tertiary/aromatic N) is 3. The Morgan fingerprint density at radius 3 is 2.39 bits per heavy atom. The molecule has 13 heteroatoms. The minimum absolute atomic E-state index is 0.0133. The van der Waals surface area contributed by atoms with Gasteiger partial charge in [-0.3, -0.25) is 0 Å². The fraction of sp³-hybridized carbons (Fsp3) is 0.722. The van der Waals surface area contributed by atoms with Crippen LogP contribution in [0.2, 0.25) is 0 Å². The number of allylic oxidation sites excluding steroid dienone is 1. The van der Waals surface area contributed by atoms with Gasteiger partial charge in [-0.1, -0.05) is 0 Å². The number of nitrogens with one attached hydrogen (secondary N) is 2. The van der Waals surface area contributed by atoms with Crippen LogP contribution in [0.15, 0.2) is 5.83 Å². The second kappa shape index (κ2) is 7.45. The average molecular weight is 455 g/mol. The molecule has 1 aromatic heterocycles. The van der Waals surface area contributed by atoms with Crippen molar-refractivity contribution in [3.8, 4) is 0 Å². The molecule has 0 amide bonds. The molecule has 0 aliphatic heterocycles.